The Morgan fingerprint density at radius 2 is 1.92 bits per heavy atom. The molecule has 0 bridgehead atoms. The summed E-state index contributed by atoms with van der Waals surface area (Å²) in [6, 6.07) is 11.4. The zero-order valence-corrected chi connectivity index (χ0v) is 14.7. The number of nitrogens with one attached hydrogen (secondary N) is 1. The minimum absolute atomic E-state index is 0.210. The predicted molar refractivity (Wildman–Crippen MR) is 99.5 cm³/mol. The number of rotatable bonds is 5. The van der Waals surface area contributed by atoms with Crippen molar-refractivity contribution in [1.29, 1.82) is 0 Å². The van der Waals surface area contributed by atoms with E-state index in [1.54, 1.807) is 18.3 Å². The number of anilines is 2. The van der Waals surface area contributed by atoms with Crippen LogP contribution in [-0.4, -0.2) is 55.6 Å². The molecule has 1 aromatic heterocycles. The lowest BCUT2D eigenvalue weighted by atomic mass is 10.2. The number of pyridine rings is 1. The second-order valence-corrected chi connectivity index (χ2v) is 6.05. The highest BCUT2D eigenvalue weighted by molar-refractivity contribution is 6.07. The van der Waals surface area contributed by atoms with E-state index >= 15 is 0 Å². The van der Waals surface area contributed by atoms with Gasteiger partial charge in [-0.1, -0.05) is 12.1 Å². The zero-order chi connectivity index (χ0) is 17.6. The fourth-order valence-corrected chi connectivity index (χ4v) is 2.91. The van der Waals surface area contributed by atoms with Crippen LogP contribution in [0.4, 0.5) is 11.4 Å². The van der Waals surface area contributed by atoms with Crippen LogP contribution in [0.2, 0.25) is 0 Å². The number of amides is 1. The van der Waals surface area contributed by atoms with Gasteiger partial charge in [-0.25, -0.2) is 4.98 Å². The van der Waals surface area contributed by atoms with Crippen molar-refractivity contribution in [1.82, 2.24) is 9.88 Å². The van der Waals surface area contributed by atoms with Crippen LogP contribution in [0.1, 0.15) is 17.3 Å². The Morgan fingerprint density at radius 1 is 1.16 bits per heavy atom. The van der Waals surface area contributed by atoms with Gasteiger partial charge in [0, 0.05) is 32.4 Å². The molecule has 6 nitrogen and oxygen atoms in total. The Labute approximate surface area is 148 Å². The average Bonchev–Trinajstić information content (AvgIpc) is 2.64. The molecule has 1 amide bonds. The molecule has 1 aromatic carbocycles. The zero-order valence-electron chi connectivity index (χ0n) is 14.7. The molecule has 132 valence electrons. The van der Waals surface area contributed by atoms with Gasteiger partial charge in [0.25, 0.3) is 5.91 Å². The van der Waals surface area contributed by atoms with Crippen LogP contribution in [-0.2, 0) is 0 Å². The third kappa shape index (κ3) is 4.09. The normalized spacial score (nSPS) is 15.0. The van der Waals surface area contributed by atoms with Crippen molar-refractivity contribution < 1.29 is 9.53 Å². The summed E-state index contributed by atoms with van der Waals surface area (Å²) in [7, 11) is 2.13. The van der Waals surface area contributed by atoms with E-state index in [0.717, 1.165) is 37.6 Å². The second kappa shape index (κ2) is 7.98. The van der Waals surface area contributed by atoms with Gasteiger partial charge in [0.2, 0.25) is 5.88 Å². The first-order valence-corrected chi connectivity index (χ1v) is 8.60. The summed E-state index contributed by atoms with van der Waals surface area (Å²) in [5, 5.41) is 3.02. The number of carbonyl (C=O) groups excluding carboxylic acids is 1. The quantitative estimate of drug-likeness (QED) is 0.906. The molecule has 1 saturated heterocycles. The Hall–Kier alpha value is -2.60. The molecule has 1 aliphatic heterocycles. The number of hydrogen-bond acceptors (Lipinski definition) is 5. The molecule has 25 heavy (non-hydrogen) atoms. The number of carbonyl (C=O) groups is 1. The number of piperazine rings is 1. The third-order valence-corrected chi connectivity index (χ3v) is 4.29. The van der Waals surface area contributed by atoms with Crippen molar-refractivity contribution in [3.63, 3.8) is 0 Å². The fraction of sp³-hybridized carbons (Fsp3) is 0.368. The lowest BCUT2D eigenvalue weighted by Gasteiger charge is -2.35. The predicted octanol–water partition coefficient (Wildman–Crippen LogP) is 2.48. The Balaban J connectivity index is 1.80. The summed E-state index contributed by atoms with van der Waals surface area (Å²) in [6.07, 6.45) is 1.62. The highest BCUT2D eigenvalue weighted by Crippen LogP contribution is 2.27. The smallest absolute Gasteiger partial charge is 0.261 e. The summed E-state index contributed by atoms with van der Waals surface area (Å²) < 4.78 is 5.47. The van der Waals surface area contributed by atoms with E-state index < -0.39 is 0 Å². The maximum Gasteiger partial charge on any atom is 0.261 e. The van der Waals surface area contributed by atoms with Gasteiger partial charge in [-0.3, -0.25) is 4.79 Å². The largest absolute Gasteiger partial charge is 0.477 e. The van der Waals surface area contributed by atoms with E-state index in [1.165, 1.54) is 0 Å². The number of para-hydroxylation sites is 2. The van der Waals surface area contributed by atoms with E-state index in [9.17, 15) is 4.79 Å². The maximum atomic E-state index is 12.7. The van der Waals surface area contributed by atoms with Gasteiger partial charge in [-0.15, -0.1) is 0 Å². The van der Waals surface area contributed by atoms with Crippen molar-refractivity contribution in [2.75, 3.05) is 50.1 Å². The van der Waals surface area contributed by atoms with Gasteiger partial charge < -0.3 is 19.9 Å². The highest BCUT2D eigenvalue weighted by Gasteiger charge is 2.19. The van der Waals surface area contributed by atoms with Crippen LogP contribution < -0.4 is 15.0 Å². The molecule has 0 aliphatic carbocycles. The molecule has 0 radical (unpaired) electrons. The Kier molecular flexibility index (Phi) is 5.50. The third-order valence-electron chi connectivity index (χ3n) is 4.29. The molecule has 0 spiro atoms. The Morgan fingerprint density at radius 3 is 2.68 bits per heavy atom. The van der Waals surface area contributed by atoms with Gasteiger partial charge in [0.15, 0.2) is 0 Å². The van der Waals surface area contributed by atoms with Crippen LogP contribution in [0.3, 0.4) is 0 Å². The molecule has 0 unspecified atom stereocenters. The maximum absolute atomic E-state index is 12.7. The molecule has 3 rings (SSSR count). The van der Waals surface area contributed by atoms with Crippen molar-refractivity contribution in [3.8, 4) is 5.88 Å². The van der Waals surface area contributed by atoms with Crippen LogP contribution in [0, 0.1) is 0 Å². The number of nitrogens with zero attached hydrogens (tertiary/aromatic N) is 3. The van der Waals surface area contributed by atoms with Gasteiger partial charge in [0.05, 0.1) is 18.0 Å². The van der Waals surface area contributed by atoms with Gasteiger partial charge in [-0.05, 0) is 38.2 Å². The van der Waals surface area contributed by atoms with Gasteiger partial charge >= 0.3 is 0 Å². The molecule has 1 aliphatic rings. The topological polar surface area (TPSA) is 57.7 Å². The summed E-state index contributed by atoms with van der Waals surface area (Å²) >= 11 is 0. The average molecular weight is 340 g/mol. The number of aromatic nitrogens is 1. The monoisotopic (exact) mass is 340 g/mol. The lowest BCUT2D eigenvalue weighted by molar-refractivity contribution is 0.102. The van der Waals surface area contributed by atoms with Crippen molar-refractivity contribution in [2.45, 2.75) is 6.92 Å². The summed E-state index contributed by atoms with van der Waals surface area (Å²) in [5.74, 6) is 0.151. The highest BCUT2D eigenvalue weighted by atomic mass is 16.5. The van der Waals surface area contributed by atoms with Crippen LogP contribution in [0.5, 0.6) is 5.88 Å². The number of ether oxygens (including phenoxy) is 1. The minimum atomic E-state index is -0.210. The fourth-order valence-electron chi connectivity index (χ4n) is 2.91. The molecular formula is C19H24N4O2. The van der Waals surface area contributed by atoms with E-state index in [2.05, 4.69) is 27.1 Å². The lowest BCUT2D eigenvalue weighted by Crippen LogP contribution is -2.44. The molecule has 0 saturated carbocycles. The summed E-state index contributed by atoms with van der Waals surface area (Å²) in [6.45, 7) is 6.26. The molecule has 2 aromatic rings. The summed E-state index contributed by atoms with van der Waals surface area (Å²) in [4.78, 5) is 21.5. The van der Waals surface area contributed by atoms with Crippen LogP contribution in [0.15, 0.2) is 42.6 Å². The molecule has 0 atom stereocenters. The molecule has 6 heteroatoms. The summed E-state index contributed by atoms with van der Waals surface area (Å²) in [5.41, 5.74) is 2.30. The molecular weight excluding hydrogens is 316 g/mol. The standard InChI is InChI=1S/C19H24N4O2/c1-3-25-19-15(7-6-10-20-19)18(24)21-16-8-4-5-9-17(16)23-13-11-22(2)12-14-23/h4-10H,3,11-14H2,1-2H3,(H,21,24). The molecule has 2 heterocycles. The van der Waals surface area contributed by atoms with Crippen molar-refractivity contribution >= 4 is 17.3 Å². The van der Waals surface area contributed by atoms with Crippen LogP contribution >= 0.6 is 0 Å². The van der Waals surface area contributed by atoms with Crippen molar-refractivity contribution in [2.24, 2.45) is 0 Å². The minimum Gasteiger partial charge on any atom is -0.477 e. The number of likely N-dealkylation sites (N-methyl/N-ethyl adjacent to an activating group) is 1. The molecule has 1 N–H and O–H groups in total. The first-order chi connectivity index (χ1) is 12.2. The Bertz CT molecular complexity index is 727. The second-order valence-electron chi connectivity index (χ2n) is 6.05. The van der Waals surface area contributed by atoms with E-state index in [0.29, 0.717) is 18.1 Å². The SMILES string of the molecule is CCOc1ncccc1C(=O)Nc1ccccc1N1CCN(C)CC1. The van der Waals surface area contributed by atoms with E-state index in [4.69, 9.17) is 4.74 Å². The number of benzene rings is 1. The van der Waals surface area contributed by atoms with Crippen molar-refractivity contribution in [3.05, 3.63) is 48.2 Å². The number of hydrogen-bond donors (Lipinski definition) is 1. The first-order valence-electron chi connectivity index (χ1n) is 8.60. The first kappa shape index (κ1) is 17.2. The van der Waals surface area contributed by atoms with E-state index in [1.807, 2.05) is 31.2 Å². The molecule has 1 fully saturated rings. The van der Waals surface area contributed by atoms with E-state index in [-0.39, 0.29) is 5.91 Å². The van der Waals surface area contributed by atoms with Gasteiger partial charge in [-0.2, -0.15) is 0 Å². The van der Waals surface area contributed by atoms with Crippen LogP contribution in [0.25, 0.3) is 0 Å². The van der Waals surface area contributed by atoms with Gasteiger partial charge in [0.1, 0.15) is 5.56 Å².